The van der Waals surface area contributed by atoms with E-state index in [0.717, 1.165) is 16.8 Å². The van der Waals surface area contributed by atoms with Gasteiger partial charge in [-0.05, 0) is 37.1 Å². The summed E-state index contributed by atoms with van der Waals surface area (Å²) in [6, 6.07) is 13.0. The number of nitrogens with two attached hydrogens (primary N) is 1. The van der Waals surface area contributed by atoms with Gasteiger partial charge in [-0.1, -0.05) is 24.3 Å². The summed E-state index contributed by atoms with van der Waals surface area (Å²) in [6.45, 7) is 3.82. The zero-order valence-electron chi connectivity index (χ0n) is 11.6. The van der Waals surface area contributed by atoms with Gasteiger partial charge in [0, 0.05) is 17.4 Å². The molecule has 0 saturated carbocycles. The number of para-hydroxylation sites is 1. The van der Waals surface area contributed by atoms with E-state index in [0.29, 0.717) is 11.4 Å². The molecule has 0 atom stereocenters. The van der Waals surface area contributed by atoms with E-state index in [9.17, 15) is 4.79 Å². The average Bonchev–Trinajstić information content (AvgIpc) is 2.42. The van der Waals surface area contributed by atoms with Crippen molar-refractivity contribution in [2.45, 2.75) is 13.8 Å². The summed E-state index contributed by atoms with van der Waals surface area (Å²) in [5.41, 5.74) is 9.22. The minimum absolute atomic E-state index is 0.0434. The van der Waals surface area contributed by atoms with E-state index in [1.807, 2.05) is 50.2 Å². The normalized spacial score (nSPS) is 10.1. The fourth-order valence-corrected chi connectivity index (χ4v) is 1.87. The molecule has 20 heavy (non-hydrogen) atoms. The maximum absolute atomic E-state index is 11.8. The maximum atomic E-state index is 11.8. The van der Waals surface area contributed by atoms with E-state index in [2.05, 4.69) is 5.32 Å². The molecule has 4 nitrogen and oxygen atoms in total. The number of hydrogen-bond acceptors (Lipinski definition) is 3. The third-order valence-corrected chi connectivity index (χ3v) is 2.98. The predicted molar refractivity (Wildman–Crippen MR) is 80.9 cm³/mol. The highest BCUT2D eigenvalue weighted by Crippen LogP contribution is 2.24. The van der Waals surface area contributed by atoms with E-state index in [4.69, 9.17) is 10.5 Å². The highest BCUT2D eigenvalue weighted by molar-refractivity contribution is 5.91. The number of amides is 1. The van der Waals surface area contributed by atoms with Gasteiger partial charge in [-0.3, -0.25) is 4.79 Å². The number of rotatable bonds is 4. The second-order valence-corrected chi connectivity index (χ2v) is 4.68. The smallest absolute Gasteiger partial charge is 0.262 e. The first-order valence-electron chi connectivity index (χ1n) is 6.40. The average molecular weight is 270 g/mol. The Bertz CT molecular complexity index is 609. The lowest BCUT2D eigenvalue weighted by molar-refractivity contribution is -0.118. The van der Waals surface area contributed by atoms with Crippen LogP contribution in [0.2, 0.25) is 0 Å². The summed E-state index contributed by atoms with van der Waals surface area (Å²) >= 11 is 0. The first-order valence-corrected chi connectivity index (χ1v) is 6.40. The molecule has 0 bridgehead atoms. The quantitative estimate of drug-likeness (QED) is 0.840. The van der Waals surface area contributed by atoms with Crippen molar-refractivity contribution >= 4 is 17.3 Å². The number of carbonyl (C=O) groups excluding carboxylic acids is 1. The number of nitrogens with one attached hydrogen (secondary N) is 1. The fraction of sp³-hybridized carbons (Fsp3) is 0.188. The molecule has 0 heterocycles. The number of benzene rings is 2. The Labute approximate surface area is 118 Å². The first-order chi connectivity index (χ1) is 9.56. The number of hydrogen-bond donors (Lipinski definition) is 2. The summed E-state index contributed by atoms with van der Waals surface area (Å²) in [5, 5.41) is 2.76. The summed E-state index contributed by atoms with van der Waals surface area (Å²) in [7, 11) is 0. The number of nitrogen functional groups attached to an aromatic ring is 1. The summed E-state index contributed by atoms with van der Waals surface area (Å²) in [6.07, 6.45) is 0. The molecule has 0 aliphatic rings. The Balaban J connectivity index is 1.95. The van der Waals surface area contributed by atoms with E-state index < -0.39 is 0 Å². The molecular formula is C16H18N2O2. The van der Waals surface area contributed by atoms with E-state index in [1.54, 1.807) is 6.07 Å². The van der Waals surface area contributed by atoms with Crippen LogP contribution in [0.5, 0.6) is 5.75 Å². The summed E-state index contributed by atoms with van der Waals surface area (Å²) < 4.78 is 5.51. The Morgan fingerprint density at radius 3 is 2.55 bits per heavy atom. The minimum Gasteiger partial charge on any atom is -0.483 e. The highest BCUT2D eigenvalue weighted by Gasteiger charge is 2.07. The Morgan fingerprint density at radius 2 is 1.85 bits per heavy atom. The van der Waals surface area contributed by atoms with Gasteiger partial charge < -0.3 is 15.8 Å². The van der Waals surface area contributed by atoms with Crippen molar-refractivity contribution in [1.82, 2.24) is 0 Å². The molecule has 3 N–H and O–H groups in total. The van der Waals surface area contributed by atoms with Crippen molar-refractivity contribution in [2.75, 3.05) is 17.7 Å². The molecule has 0 unspecified atom stereocenters. The number of carbonyl (C=O) groups is 1. The van der Waals surface area contributed by atoms with Crippen molar-refractivity contribution in [1.29, 1.82) is 0 Å². The van der Waals surface area contributed by atoms with Gasteiger partial charge in [0.15, 0.2) is 6.61 Å². The van der Waals surface area contributed by atoms with E-state index >= 15 is 0 Å². The zero-order chi connectivity index (χ0) is 14.5. The summed E-state index contributed by atoms with van der Waals surface area (Å²) in [4.78, 5) is 11.8. The first kappa shape index (κ1) is 13.9. The van der Waals surface area contributed by atoms with Gasteiger partial charge >= 0.3 is 0 Å². The molecule has 0 fully saturated rings. The summed E-state index contributed by atoms with van der Waals surface area (Å²) in [5.74, 6) is 0.436. The molecule has 1 amide bonds. The SMILES string of the molecule is Cc1cc(C)c(OCC(=O)Nc2ccccc2)cc1N. The van der Waals surface area contributed by atoms with E-state index in [-0.39, 0.29) is 12.5 Å². The largest absolute Gasteiger partial charge is 0.483 e. The Hall–Kier alpha value is -2.49. The lowest BCUT2D eigenvalue weighted by Crippen LogP contribution is -2.20. The van der Waals surface area contributed by atoms with Crippen LogP contribution in [0.15, 0.2) is 42.5 Å². The number of aryl methyl sites for hydroxylation is 2. The second kappa shape index (κ2) is 6.10. The Morgan fingerprint density at radius 1 is 1.15 bits per heavy atom. The van der Waals surface area contributed by atoms with Crippen LogP contribution in [0.25, 0.3) is 0 Å². The van der Waals surface area contributed by atoms with Crippen LogP contribution < -0.4 is 15.8 Å². The van der Waals surface area contributed by atoms with Gasteiger partial charge in [-0.15, -0.1) is 0 Å². The van der Waals surface area contributed by atoms with Crippen molar-refractivity contribution in [2.24, 2.45) is 0 Å². The van der Waals surface area contributed by atoms with Crippen LogP contribution in [0.4, 0.5) is 11.4 Å². The fourth-order valence-electron chi connectivity index (χ4n) is 1.87. The van der Waals surface area contributed by atoms with E-state index in [1.165, 1.54) is 0 Å². The van der Waals surface area contributed by atoms with Gasteiger partial charge in [-0.2, -0.15) is 0 Å². The molecule has 0 saturated heterocycles. The van der Waals surface area contributed by atoms with Crippen molar-refractivity contribution in [3.05, 3.63) is 53.6 Å². The third-order valence-electron chi connectivity index (χ3n) is 2.98. The predicted octanol–water partition coefficient (Wildman–Crippen LogP) is 2.90. The van der Waals surface area contributed by atoms with Crippen LogP contribution in [0, 0.1) is 13.8 Å². The highest BCUT2D eigenvalue weighted by atomic mass is 16.5. The van der Waals surface area contributed by atoms with Gasteiger partial charge in [0.05, 0.1) is 0 Å². The lowest BCUT2D eigenvalue weighted by atomic mass is 10.1. The zero-order valence-corrected chi connectivity index (χ0v) is 11.6. The maximum Gasteiger partial charge on any atom is 0.262 e. The van der Waals surface area contributed by atoms with Crippen LogP contribution in [0.1, 0.15) is 11.1 Å². The molecule has 4 heteroatoms. The van der Waals surface area contributed by atoms with Crippen LogP contribution in [-0.4, -0.2) is 12.5 Å². The van der Waals surface area contributed by atoms with Gasteiger partial charge in [0.25, 0.3) is 5.91 Å². The van der Waals surface area contributed by atoms with Gasteiger partial charge in [0.2, 0.25) is 0 Å². The van der Waals surface area contributed by atoms with Crippen molar-refractivity contribution in [3.63, 3.8) is 0 Å². The van der Waals surface area contributed by atoms with Crippen molar-refractivity contribution in [3.8, 4) is 5.75 Å². The standard InChI is InChI=1S/C16H18N2O2/c1-11-8-12(2)15(9-14(11)17)20-10-16(19)18-13-6-4-3-5-7-13/h3-9H,10,17H2,1-2H3,(H,18,19). The lowest BCUT2D eigenvalue weighted by Gasteiger charge is -2.11. The molecule has 0 radical (unpaired) electrons. The molecule has 104 valence electrons. The topological polar surface area (TPSA) is 64.3 Å². The molecule has 0 aromatic heterocycles. The van der Waals surface area contributed by atoms with Crippen LogP contribution >= 0.6 is 0 Å². The molecule has 2 aromatic rings. The van der Waals surface area contributed by atoms with Gasteiger partial charge in [0.1, 0.15) is 5.75 Å². The molecular weight excluding hydrogens is 252 g/mol. The Kier molecular flexibility index (Phi) is 4.25. The molecule has 2 rings (SSSR count). The van der Waals surface area contributed by atoms with Crippen LogP contribution in [-0.2, 0) is 4.79 Å². The monoisotopic (exact) mass is 270 g/mol. The van der Waals surface area contributed by atoms with Crippen LogP contribution in [0.3, 0.4) is 0 Å². The second-order valence-electron chi connectivity index (χ2n) is 4.68. The number of anilines is 2. The number of ether oxygens (including phenoxy) is 1. The molecule has 0 aliphatic heterocycles. The molecule has 0 aliphatic carbocycles. The third kappa shape index (κ3) is 3.51. The van der Waals surface area contributed by atoms with Crippen molar-refractivity contribution < 1.29 is 9.53 Å². The van der Waals surface area contributed by atoms with Gasteiger partial charge in [-0.25, -0.2) is 0 Å². The minimum atomic E-state index is -0.199. The molecule has 0 spiro atoms. The molecule has 2 aromatic carbocycles.